The van der Waals surface area contributed by atoms with Crippen LogP contribution < -0.4 is 0 Å². The number of ketones is 1. The van der Waals surface area contributed by atoms with Crippen molar-refractivity contribution >= 4 is 5.78 Å². The Morgan fingerprint density at radius 3 is 2.40 bits per heavy atom. The van der Waals surface area contributed by atoms with Gasteiger partial charge in [-0.05, 0) is 19.4 Å². The quantitative estimate of drug-likeness (QED) is 0.740. The molecule has 2 atom stereocenters. The summed E-state index contributed by atoms with van der Waals surface area (Å²) in [4.78, 5) is 11.9. The second-order valence-corrected chi connectivity index (χ2v) is 3.63. The predicted molar refractivity (Wildman–Crippen MR) is 61.0 cm³/mol. The van der Waals surface area contributed by atoms with E-state index < -0.39 is 0 Å². The Morgan fingerprint density at radius 1 is 1.27 bits per heavy atom. The van der Waals surface area contributed by atoms with Crippen molar-refractivity contribution in [2.24, 2.45) is 0 Å². The lowest BCUT2D eigenvalue weighted by molar-refractivity contribution is -0.130. The molecule has 0 aromatic heterocycles. The maximum Gasteiger partial charge on any atom is 0.168 e. The molecule has 0 N–H and O–H groups in total. The highest BCUT2D eigenvalue weighted by molar-refractivity contribution is 5.88. The van der Waals surface area contributed by atoms with E-state index in [1.54, 1.807) is 0 Å². The lowest BCUT2D eigenvalue weighted by atomic mass is 9.94. The molecule has 82 valence electrons. The highest BCUT2D eigenvalue weighted by Gasteiger charge is 2.21. The molecule has 1 aromatic carbocycles. The van der Waals surface area contributed by atoms with Crippen LogP contribution in [-0.4, -0.2) is 18.5 Å². The van der Waals surface area contributed by atoms with Gasteiger partial charge in [-0.3, -0.25) is 4.79 Å². The minimum atomic E-state index is -0.315. The third-order valence-electron chi connectivity index (χ3n) is 2.54. The van der Waals surface area contributed by atoms with Crippen LogP contribution in [0.2, 0.25) is 0 Å². The van der Waals surface area contributed by atoms with Crippen LogP contribution in [-0.2, 0) is 9.53 Å². The Bertz CT molecular complexity index is 306. The number of rotatable bonds is 5. The summed E-state index contributed by atoms with van der Waals surface area (Å²) in [7, 11) is 0. The minimum absolute atomic E-state index is 0.0900. The van der Waals surface area contributed by atoms with Gasteiger partial charge in [-0.2, -0.15) is 0 Å². The van der Waals surface area contributed by atoms with Crippen molar-refractivity contribution in [3.05, 3.63) is 35.9 Å². The lowest BCUT2D eigenvalue weighted by Gasteiger charge is -2.16. The van der Waals surface area contributed by atoms with Crippen molar-refractivity contribution in [2.45, 2.75) is 32.8 Å². The standard InChI is InChI=1S/C13H18O2/c1-4-15-11(3)13(14)10(2)12-8-6-5-7-9-12/h5-11H,4H2,1-3H3. The first kappa shape index (κ1) is 11.9. The molecule has 1 rings (SSSR count). The summed E-state index contributed by atoms with van der Waals surface area (Å²) in [6.07, 6.45) is -0.315. The molecule has 0 radical (unpaired) electrons. The molecule has 0 saturated carbocycles. The van der Waals surface area contributed by atoms with Crippen LogP contribution >= 0.6 is 0 Å². The minimum Gasteiger partial charge on any atom is -0.371 e. The summed E-state index contributed by atoms with van der Waals surface area (Å²) in [5.74, 6) is 0.0517. The fourth-order valence-corrected chi connectivity index (χ4v) is 1.59. The van der Waals surface area contributed by atoms with Crippen molar-refractivity contribution in [3.63, 3.8) is 0 Å². The molecule has 15 heavy (non-hydrogen) atoms. The smallest absolute Gasteiger partial charge is 0.168 e. The van der Waals surface area contributed by atoms with E-state index in [9.17, 15) is 4.79 Å². The largest absolute Gasteiger partial charge is 0.371 e. The van der Waals surface area contributed by atoms with Gasteiger partial charge in [0.05, 0.1) is 0 Å². The third-order valence-corrected chi connectivity index (χ3v) is 2.54. The summed E-state index contributed by atoms with van der Waals surface area (Å²) >= 11 is 0. The number of ether oxygens (including phenoxy) is 1. The molecule has 1 aromatic rings. The molecule has 0 saturated heterocycles. The summed E-state index contributed by atoms with van der Waals surface area (Å²) in [5, 5.41) is 0. The van der Waals surface area contributed by atoms with Crippen LogP contribution in [0.5, 0.6) is 0 Å². The Kier molecular flexibility index (Phi) is 4.50. The normalized spacial score (nSPS) is 14.6. The van der Waals surface area contributed by atoms with Crippen molar-refractivity contribution < 1.29 is 9.53 Å². The summed E-state index contributed by atoms with van der Waals surface area (Å²) in [6, 6.07) is 9.80. The number of Topliss-reactive ketones (excluding diaryl/α,β-unsaturated/α-hetero) is 1. The first-order valence-electron chi connectivity index (χ1n) is 5.37. The molecule has 2 nitrogen and oxygen atoms in total. The third kappa shape index (κ3) is 3.17. The first-order valence-corrected chi connectivity index (χ1v) is 5.37. The number of hydrogen-bond donors (Lipinski definition) is 0. The highest BCUT2D eigenvalue weighted by Crippen LogP contribution is 2.18. The molecule has 0 aliphatic rings. The summed E-state index contributed by atoms with van der Waals surface area (Å²) < 4.78 is 5.30. The second kappa shape index (κ2) is 5.66. The van der Waals surface area contributed by atoms with Crippen LogP contribution in [0.25, 0.3) is 0 Å². The van der Waals surface area contributed by atoms with Crippen molar-refractivity contribution in [1.82, 2.24) is 0 Å². The number of carbonyl (C=O) groups is 1. The fourth-order valence-electron chi connectivity index (χ4n) is 1.59. The Balaban J connectivity index is 2.69. The maximum atomic E-state index is 11.9. The number of carbonyl (C=O) groups excluding carboxylic acids is 1. The Hall–Kier alpha value is -1.15. The van der Waals surface area contributed by atoms with E-state index in [0.29, 0.717) is 6.61 Å². The Labute approximate surface area is 91.3 Å². The molecule has 0 heterocycles. The van der Waals surface area contributed by atoms with Crippen LogP contribution in [0, 0.1) is 0 Å². The molecule has 0 bridgehead atoms. The summed E-state index contributed by atoms with van der Waals surface area (Å²) in [5.41, 5.74) is 1.05. The van der Waals surface area contributed by atoms with Gasteiger partial charge in [0.25, 0.3) is 0 Å². The van der Waals surface area contributed by atoms with Gasteiger partial charge in [0.2, 0.25) is 0 Å². The molecule has 0 amide bonds. The zero-order valence-electron chi connectivity index (χ0n) is 9.57. The van der Waals surface area contributed by atoms with E-state index in [1.807, 2.05) is 51.1 Å². The average molecular weight is 206 g/mol. The maximum absolute atomic E-state index is 11.9. The molecule has 2 heteroatoms. The topological polar surface area (TPSA) is 26.3 Å². The Morgan fingerprint density at radius 2 is 1.87 bits per heavy atom. The van der Waals surface area contributed by atoms with Crippen LogP contribution in [0.15, 0.2) is 30.3 Å². The van der Waals surface area contributed by atoms with Gasteiger partial charge in [0, 0.05) is 12.5 Å². The zero-order chi connectivity index (χ0) is 11.3. The molecule has 0 aliphatic heterocycles. The number of benzene rings is 1. The van der Waals surface area contributed by atoms with Gasteiger partial charge in [-0.15, -0.1) is 0 Å². The molecule has 0 fully saturated rings. The van der Waals surface area contributed by atoms with Crippen molar-refractivity contribution in [2.75, 3.05) is 6.61 Å². The van der Waals surface area contributed by atoms with E-state index in [4.69, 9.17) is 4.74 Å². The van der Waals surface area contributed by atoms with Gasteiger partial charge in [0.15, 0.2) is 5.78 Å². The van der Waals surface area contributed by atoms with Crippen molar-refractivity contribution in [3.8, 4) is 0 Å². The predicted octanol–water partition coefficient (Wildman–Crippen LogP) is 2.78. The van der Waals surface area contributed by atoms with Gasteiger partial charge in [0.1, 0.15) is 6.10 Å². The van der Waals surface area contributed by atoms with Crippen LogP contribution in [0.1, 0.15) is 32.3 Å². The van der Waals surface area contributed by atoms with Crippen LogP contribution in [0.3, 0.4) is 0 Å². The molecule has 0 spiro atoms. The SMILES string of the molecule is CCOC(C)C(=O)C(C)c1ccccc1. The monoisotopic (exact) mass is 206 g/mol. The highest BCUT2D eigenvalue weighted by atomic mass is 16.5. The lowest BCUT2D eigenvalue weighted by Crippen LogP contribution is -2.25. The summed E-state index contributed by atoms with van der Waals surface area (Å²) in [6.45, 7) is 6.21. The van der Waals surface area contributed by atoms with E-state index in [0.717, 1.165) is 5.56 Å². The average Bonchev–Trinajstić information content (AvgIpc) is 2.28. The fraction of sp³-hybridized carbons (Fsp3) is 0.462. The molecular formula is C13H18O2. The number of hydrogen-bond acceptors (Lipinski definition) is 2. The first-order chi connectivity index (χ1) is 7.16. The van der Waals surface area contributed by atoms with E-state index in [1.165, 1.54) is 0 Å². The zero-order valence-corrected chi connectivity index (χ0v) is 9.57. The van der Waals surface area contributed by atoms with Gasteiger partial charge in [-0.1, -0.05) is 37.3 Å². The van der Waals surface area contributed by atoms with Crippen LogP contribution in [0.4, 0.5) is 0 Å². The second-order valence-electron chi connectivity index (χ2n) is 3.63. The van der Waals surface area contributed by atoms with Gasteiger partial charge >= 0.3 is 0 Å². The van der Waals surface area contributed by atoms with Crippen molar-refractivity contribution in [1.29, 1.82) is 0 Å². The van der Waals surface area contributed by atoms with Gasteiger partial charge in [-0.25, -0.2) is 0 Å². The van der Waals surface area contributed by atoms with E-state index in [2.05, 4.69) is 0 Å². The molecular weight excluding hydrogens is 188 g/mol. The molecule has 0 aliphatic carbocycles. The van der Waals surface area contributed by atoms with E-state index in [-0.39, 0.29) is 17.8 Å². The van der Waals surface area contributed by atoms with E-state index >= 15 is 0 Å². The van der Waals surface area contributed by atoms with Gasteiger partial charge < -0.3 is 4.74 Å². The molecule has 2 unspecified atom stereocenters.